The van der Waals surface area contributed by atoms with Gasteiger partial charge in [0.05, 0.1) is 16.8 Å². The van der Waals surface area contributed by atoms with E-state index < -0.39 is 17.3 Å². The molecule has 1 aliphatic carbocycles. The van der Waals surface area contributed by atoms with Gasteiger partial charge in [-0.05, 0) is 84.9 Å². The molecule has 3 heterocycles. The summed E-state index contributed by atoms with van der Waals surface area (Å²) in [4.78, 5) is 20.0. The third kappa shape index (κ3) is 5.80. The van der Waals surface area contributed by atoms with Crippen LogP contribution in [0.1, 0.15) is 62.1 Å². The Labute approximate surface area is 226 Å². The minimum atomic E-state index is -4.63. The maximum Gasteiger partial charge on any atom is 0.419 e. The Morgan fingerprint density at radius 1 is 1.18 bits per heavy atom. The lowest BCUT2D eigenvalue weighted by Gasteiger charge is -2.34. The van der Waals surface area contributed by atoms with Gasteiger partial charge in [0.1, 0.15) is 6.34 Å². The molecule has 208 valence electrons. The summed E-state index contributed by atoms with van der Waals surface area (Å²) in [5.74, 6) is 1.42. The molecule has 0 spiro atoms. The number of benzene rings is 1. The van der Waals surface area contributed by atoms with Gasteiger partial charge < -0.3 is 5.32 Å². The van der Waals surface area contributed by atoms with E-state index in [-0.39, 0.29) is 11.2 Å². The van der Waals surface area contributed by atoms with Crippen LogP contribution in [0.5, 0.6) is 0 Å². The molecule has 2 fully saturated rings. The van der Waals surface area contributed by atoms with Crippen molar-refractivity contribution in [1.82, 2.24) is 19.6 Å². The first-order chi connectivity index (χ1) is 18.6. The Hall–Kier alpha value is -3.40. The first-order valence-corrected chi connectivity index (χ1v) is 13.6. The molecular formula is C29H35F3N6O. The van der Waals surface area contributed by atoms with E-state index >= 15 is 0 Å². The zero-order valence-electron chi connectivity index (χ0n) is 22.6. The predicted molar refractivity (Wildman–Crippen MR) is 148 cm³/mol. The highest BCUT2D eigenvalue weighted by molar-refractivity contribution is 5.70. The summed E-state index contributed by atoms with van der Waals surface area (Å²) < 4.78 is 43.4. The summed E-state index contributed by atoms with van der Waals surface area (Å²) in [6, 6.07) is 6.74. The van der Waals surface area contributed by atoms with Crippen molar-refractivity contribution in [2.45, 2.75) is 58.2 Å². The van der Waals surface area contributed by atoms with Crippen LogP contribution in [-0.2, 0) is 12.7 Å². The Morgan fingerprint density at radius 3 is 2.67 bits per heavy atom. The largest absolute Gasteiger partial charge is 0.419 e. The average Bonchev–Trinajstić information content (AvgIpc) is 2.87. The maximum absolute atomic E-state index is 14.1. The van der Waals surface area contributed by atoms with E-state index in [1.165, 1.54) is 12.4 Å². The first-order valence-electron chi connectivity index (χ1n) is 13.6. The molecule has 2 aliphatic rings. The highest BCUT2D eigenvalue weighted by atomic mass is 19.4. The number of piperidine rings is 1. The molecule has 10 heteroatoms. The normalized spacial score (nSPS) is 22.3. The minimum Gasteiger partial charge on any atom is -0.378 e. The number of nitrogens with zero attached hydrogens (tertiary/aromatic N) is 4. The molecule has 1 atom stereocenters. The van der Waals surface area contributed by atoms with Gasteiger partial charge in [0.25, 0.3) is 5.56 Å². The maximum atomic E-state index is 14.1. The molecule has 1 saturated carbocycles. The molecule has 2 aromatic heterocycles. The van der Waals surface area contributed by atoms with Gasteiger partial charge in [-0.2, -0.15) is 18.3 Å². The topological polar surface area (TPSA) is 74.0 Å². The van der Waals surface area contributed by atoms with Crippen molar-refractivity contribution in [3.63, 3.8) is 0 Å². The molecule has 0 unspecified atom stereocenters. The number of anilines is 1. The highest BCUT2D eigenvalue weighted by Crippen LogP contribution is 2.45. The molecule has 3 aromatic rings. The summed E-state index contributed by atoms with van der Waals surface area (Å²) in [5, 5.41) is 7.00. The van der Waals surface area contributed by atoms with Crippen molar-refractivity contribution in [3.8, 4) is 11.1 Å². The van der Waals surface area contributed by atoms with E-state index in [0.717, 1.165) is 60.5 Å². The Morgan fingerprint density at radius 2 is 1.97 bits per heavy atom. The van der Waals surface area contributed by atoms with Crippen LogP contribution in [0.25, 0.3) is 16.8 Å². The van der Waals surface area contributed by atoms with Crippen molar-refractivity contribution in [2.75, 3.05) is 25.6 Å². The van der Waals surface area contributed by atoms with E-state index in [1.54, 1.807) is 19.5 Å². The third-order valence-electron chi connectivity index (χ3n) is 7.87. The Balaban J connectivity index is 1.58. The number of aromatic nitrogens is 2. The number of nitrogens with one attached hydrogen (secondary N) is 2. The molecule has 0 amide bonds. The van der Waals surface area contributed by atoms with Crippen LogP contribution in [0.3, 0.4) is 0 Å². The van der Waals surface area contributed by atoms with E-state index in [0.29, 0.717) is 35.4 Å². The second kappa shape index (κ2) is 11.0. The van der Waals surface area contributed by atoms with Gasteiger partial charge in [0.15, 0.2) is 5.65 Å². The number of halogens is 3. The van der Waals surface area contributed by atoms with Crippen LogP contribution in [-0.4, -0.2) is 40.8 Å². The molecule has 5 rings (SSSR count). The summed E-state index contributed by atoms with van der Waals surface area (Å²) >= 11 is 0. The number of rotatable bonds is 7. The average molecular weight is 541 g/mol. The van der Waals surface area contributed by atoms with Crippen LogP contribution in [0, 0.1) is 11.8 Å². The highest BCUT2D eigenvalue weighted by Gasteiger charge is 2.35. The van der Waals surface area contributed by atoms with E-state index in [2.05, 4.69) is 39.6 Å². The first kappa shape index (κ1) is 27.2. The standard InChI is InChI=1S/C29H35F3N6O/c1-18-5-4-8-37(14-18)15-20-11-25(29(30,31)32)27-34-13-24(28(39)38(27)16-20)21-6-7-26(36-35-17-33-3)23(12-21)22-9-19(2)10-22/h6-7,11-13,16-19,22,36H,4-5,8-10,14-15H2,1-3H3,(H,33,35)/t18-,19-,22+/m0/s1. The predicted octanol–water partition coefficient (Wildman–Crippen LogP) is 5.70. The smallest absolute Gasteiger partial charge is 0.378 e. The fourth-order valence-corrected chi connectivity index (χ4v) is 5.92. The molecule has 2 N–H and O–H groups in total. The Bertz CT molecular complexity index is 1430. The number of hydrogen-bond acceptors (Lipinski definition) is 5. The molecule has 1 aromatic carbocycles. The molecule has 39 heavy (non-hydrogen) atoms. The molecule has 1 saturated heterocycles. The lowest BCUT2D eigenvalue weighted by Crippen LogP contribution is -2.34. The number of likely N-dealkylation sites (tertiary alicyclic amines) is 1. The van der Waals surface area contributed by atoms with Gasteiger partial charge >= 0.3 is 6.18 Å². The zero-order chi connectivity index (χ0) is 27.7. The number of hydrogen-bond donors (Lipinski definition) is 2. The molecule has 1 aliphatic heterocycles. The van der Waals surface area contributed by atoms with Crippen molar-refractivity contribution < 1.29 is 13.2 Å². The lowest BCUT2D eigenvalue weighted by atomic mass is 9.71. The lowest BCUT2D eigenvalue weighted by molar-refractivity contribution is -0.136. The van der Waals surface area contributed by atoms with Crippen LogP contribution in [0.2, 0.25) is 0 Å². The second-order valence-electron chi connectivity index (χ2n) is 11.1. The molecule has 7 nitrogen and oxygen atoms in total. The number of alkyl halides is 3. The van der Waals surface area contributed by atoms with Crippen LogP contribution >= 0.6 is 0 Å². The molecular weight excluding hydrogens is 505 g/mol. The van der Waals surface area contributed by atoms with Gasteiger partial charge in [0.2, 0.25) is 0 Å². The van der Waals surface area contributed by atoms with Crippen LogP contribution in [0.15, 0.2) is 46.6 Å². The quantitative estimate of drug-likeness (QED) is 0.229. The minimum absolute atomic E-state index is 0.267. The van der Waals surface area contributed by atoms with Crippen LogP contribution in [0.4, 0.5) is 18.9 Å². The number of fused-ring (bicyclic) bond motifs is 1. The third-order valence-corrected chi connectivity index (χ3v) is 7.87. The number of hydrazone groups is 1. The van der Waals surface area contributed by atoms with E-state index in [9.17, 15) is 18.0 Å². The summed E-state index contributed by atoms with van der Waals surface area (Å²) in [5.41, 5.74) is 4.50. The second-order valence-corrected chi connectivity index (χ2v) is 11.1. The van der Waals surface area contributed by atoms with Crippen molar-refractivity contribution in [2.24, 2.45) is 16.9 Å². The Kier molecular flexibility index (Phi) is 7.66. The van der Waals surface area contributed by atoms with Gasteiger partial charge in [-0.3, -0.25) is 19.5 Å². The summed E-state index contributed by atoms with van der Waals surface area (Å²) in [6.07, 6.45) is 3.89. The van der Waals surface area contributed by atoms with Gasteiger partial charge in [0, 0.05) is 32.5 Å². The van der Waals surface area contributed by atoms with Gasteiger partial charge in [-0.25, -0.2) is 4.98 Å². The number of pyridine rings is 1. The fourth-order valence-electron chi connectivity index (χ4n) is 5.92. The monoisotopic (exact) mass is 540 g/mol. The van der Waals surface area contributed by atoms with E-state index in [1.807, 2.05) is 12.1 Å². The van der Waals surface area contributed by atoms with E-state index in [4.69, 9.17) is 0 Å². The fraction of sp³-hybridized carbons (Fsp3) is 0.483. The zero-order valence-corrected chi connectivity index (χ0v) is 22.6. The van der Waals surface area contributed by atoms with Gasteiger partial charge in [-0.1, -0.05) is 19.9 Å². The van der Waals surface area contributed by atoms with Gasteiger partial charge in [-0.15, -0.1) is 0 Å². The molecule has 0 radical (unpaired) electrons. The van der Waals surface area contributed by atoms with Crippen LogP contribution < -0.4 is 16.3 Å². The summed E-state index contributed by atoms with van der Waals surface area (Å²) in [6.45, 7) is 6.37. The van der Waals surface area contributed by atoms with Crippen molar-refractivity contribution in [3.05, 3.63) is 63.7 Å². The molecule has 0 bridgehead atoms. The summed E-state index contributed by atoms with van der Waals surface area (Å²) in [7, 11) is 1.76. The SMILES string of the molecule is CN/C=N\Nc1ccc(-c2cnc3c(C(F)(F)F)cc(CN4CCC[C@H](C)C4)cn3c2=O)cc1[C@H]1C[C@@H](C)C1. The van der Waals surface area contributed by atoms with Crippen molar-refractivity contribution in [1.29, 1.82) is 0 Å². The van der Waals surface area contributed by atoms with Crippen molar-refractivity contribution >= 4 is 17.7 Å².